The SMILES string of the molecule is OCCOCCNc1c(F)c(F)c(-c2c3nc(c(-c4c(F)c(F)c(NCCOCCO)c(F)c4F)c4ccc([nH]4)c(-c4c(F)c(F)c(NCCOCCO)c(F)c4F)c4nc(c(-c5c(F)c(F)c(NCCOCCO)c(F)c5F)c5ccc2[nH]5)C2Cc5c(CO)c(CO)nn5CC42)C=C3)c(F)c1F. The number of benzene rings is 4. The summed E-state index contributed by atoms with van der Waals surface area (Å²) in [5.41, 5.74) is -24.0. The second-order valence-electron chi connectivity index (χ2n) is 23.0. The van der Waals surface area contributed by atoms with Crippen LogP contribution in [0.1, 0.15) is 51.6 Å². The topological polar surface area (TPSA) is 282 Å². The van der Waals surface area contributed by atoms with Crippen molar-refractivity contribution in [2.45, 2.75) is 38.0 Å². The maximum absolute atomic E-state index is 17.8. The lowest BCUT2D eigenvalue weighted by atomic mass is 9.79. The summed E-state index contributed by atoms with van der Waals surface area (Å²) >= 11 is 0. The van der Waals surface area contributed by atoms with Crippen LogP contribution in [-0.2, 0) is 45.1 Å². The van der Waals surface area contributed by atoms with E-state index >= 15 is 70.2 Å². The molecule has 11 rings (SSSR count). The molecule has 0 fully saturated rings. The molecule has 0 saturated carbocycles. The Hall–Kier alpha value is -9.37. The summed E-state index contributed by atoms with van der Waals surface area (Å²) in [6.45, 7) is -9.50. The molecule has 36 heteroatoms. The standard InChI is InChI=1S/C67H60F16N10O10/c68-46-42(47(69)55(77)64(54(46)76)84-7-15-100-19-11-94)38-30-1-2-31(88-30)39(43-48(70)56(78)65(57(79)49(43)71)85-8-16-101-20-12-95)33-4-6-35(90-33)41(45-52(74)60(82)67(61(83)53(45)75)87-10-18-103-22-14-97)63-28-24-93-37(29(25-98)36(26-99)92-93)23-27(28)62(91-63)40(34-5-3-32(38)89-34)44-50(72)58(80)66(59(81)51(44)73)86-9-17-102-21-13-96/h1-6,27-28,84-87,89-90,94-99H,7-26H2. The fourth-order valence-electron chi connectivity index (χ4n) is 12.6. The van der Waals surface area contributed by atoms with Gasteiger partial charge in [0.1, 0.15) is 22.7 Å². The molecule has 7 heterocycles. The van der Waals surface area contributed by atoms with Gasteiger partial charge in [0, 0.05) is 93.6 Å². The second-order valence-corrected chi connectivity index (χ2v) is 23.0. The first-order valence-electron chi connectivity index (χ1n) is 31.5. The monoisotopic (exact) mass is 1470 g/mol. The van der Waals surface area contributed by atoms with Gasteiger partial charge in [-0.2, -0.15) is 5.10 Å². The number of nitrogens with one attached hydrogen (secondary N) is 6. The molecule has 4 aromatic heterocycles. The number of aromatic amines is 2. The number of H-pyrrole nitrogens is 2. The molecule has 3 aliphatic rings. The molecule has 2 atom stereocenters. The number of hydrogen-bond donors (Lipinski definition) is 12. The van der Waals surface area contributed by atoms with E-state index in [0.717, 1.165) is 41.1 Å². The molecule has 0 amide bonds. The highest BCUT2D eigenvalue weighted by molar-refractivity contribution is 5.99. The van der Waals surface area contributed by atoms with Gasteiger partial charge in [-0.05, 0) is 42.8 Å². The Labute approximate surface area is 571 Å². The van der Waals surface area contributed by atoms with Crippen molar-refractivity contribution in [2.24, 2.45) is 0 Å². The highest BCUT2D eigenvalue weighted by Gasteiger charge is 2.45. The van der Waals surface area contributed by atoms with Gasteiger partial charge in [-0.15, -0.1) is 0 Å². The van der Waals surface area contributed by atoms with E-state index in [1.165, 1.54) is 0 Å². The van der Waals surface area contributed by atoms with Gasteiger partial charge in [0.25, 0.3) is 0 Å². The summed E-state index contributed by atoms with van der Waals surface area (Å²) in [6.07, 6.45) is 0.902. The number of aliphatic hydroxyl groups excluding tert-OH is 6. The number of rotatable bonds is 30. The first-order chi connectivity index (χ1) is 49.6. The molecule has 20 nitrogen and oxygen atoms in total. The molecule has 0 spiro atoms. The Morgan fingerprint density at radius 2 is 0.670 bits per heavy atom. The van der Waals surface area contributed by atoms with Crippen molar-refractivity contribution in [2.75, 3.05) is 127 Å². The van der Waals surface area contributed by atoms with Crippen molar-refractivity contribution >= 4 is 57.0 Å². The van der Waals surface area contributed by atoms with Crippen LogP contribution in [0.4, 0.5) is 93.0 Å². The summed E-state index contributed by atoms with van der Waals surface area (Å²) in [4.78, 5) is 14.3. The van der Waals surface area contributed by atoms with Crippen molar-refractivity contribution in [3.8, 4) is 44.5 Å². The zero-order valence-electron chi connectivity index (χ0n) is 53.4. The van der Waals surface area contributed by atoms with Crippen LogP contribution in [-0.4, -0.2) is 166 Å². The van der Waals surface area contributed by atoms with E-state index in [1.54, 1.807) is 0 Å². The summed E-state index contributed by atoms with van der Waals surface area (Å²) < 4.78 is 296. The van der Waals surface area contributed by atoms with Crippen LogP contribution in [0, 0.1) is 93.1 Å². The number of hydrogen-bond acceptors (Lipinski definition) is 17. The minimum absolute atomic E-state index is 0.0184. The van der Waals surface area contributed by atoms with Crippen molar-refractivity contribution in [3.05, 3.63) is 157 Å². The molecule has 0 radical (unpaired) electrons. The lowest BCUT2D eigenvalue weighted by Gasteiger charge is -2.29. The molecule has 0 saturated heterocycles. The fourth-order valence-corrected chi connectivity index (χ4v) is 12.6. The molecule has 8 aromatic rings. The maximum Gasteiger partial charge on any atom is 0.185 e. The van der Waals surface area contributed by atoms with E-state index in [9.17, 15) is 20.4 Å². The quantitative estimate of drug-likeness (QED) is 0.0113. The highest BCUT2D eigenvalue weighted by atomic mass is 19.2. The number of aliphatic hydroxyl groups is 6. The Morgan fingerprint density at radius 1 is 0.369 bits per heavy atom. The van der Waals surface area contributed by atoms with Crippen LogP contribution in [0.25, 0.3) is 78.7 Å². The molecule has 12 N–H and O–H groups in total. The number of aromatic nitrogens is 6. The van der Waals surface area contributed by atoms with E-state index < -0.39 is 322 Å². The van der Waals surface area contributed by atoms with E-state index in [0.29, 0.717) is 0 Å². The predicted molar refractivity (Wildman–Crippen MR) is 340 cm³/mol. The van der Waals surface area contributed by atoms with E-state index in [-0.39, 0.29) is 43.4 Å². The molecule has 8 bridgehead atoms. The highest BCUT2D eigenvalue weighted by Crippen LogP contribution is 2.54. The molecular weight excluding hydrogens is 1410 g/mol. The Morgan fingerprint density at radius 3 is 0.971 bits per heavy atom. The van der Waals surface area contributed by atoms with Crippen molar-refractivity contribution in [3.63, 3.8) is 0 Å². The summed E-state index contributed by atoms with van der Waals surface area (Å²) in [6, 6.07) is 3.24. The van der Waals surface area contributed by atoms with Gasteiger partial charge in [0.05, 0.1) is 150 Å². The minimum atomic E-state index is -2.25. The van der Waals surface area contributed by atoms with Gasteiger partial charge >= 0.3 is 0 Å². The van der Waals surface area contributed by atoms with Crippen LogP contribution >= 0.6 is 0 Å². The Balaban J connectivity index is 1.35. The molecule has 0 aliphatic carbocycles. The van der Waals surface area contributed by atoms with Gasteiger partial charge in [-0.3, -0.25) is 9.67 Å². The normalized spacial score (nSPS) is 14.1. The van der Waals surface area contributed by atoms with Crippen LogP contribution in [0.15, 0.2) is 24.3 Å². The van der Waals surface area contributed by atoms with Gasteiger partial charge in [0.15, 0.2) is 93.1 Å². The zero-order chi connectivity index (χ0) is 73.8. The smallest absolute Gasteiger partial charge is 0.185 e. The van der Waals surface area contributed by atoms with Crippen LogP contribution in [0.5, 0.6) is 0 Å². The average molecular weight is 1470 g/mol. The van der Waals surface area contributed by atoms with Gasteiger partial charge in [0.2, 0.25) is 0 Å². The molecule has 3 aliphatic heterocycles. The third kappa shape index (κ3) is 13.9. The number of halogens is 16. The molecule has 103 heavy (non-hydrogen) atoms. The van der Waals surface area contributed by atoms with Gasteiger partial charge < -0.3 is 80.8 Å². The van der Waals surface area contributed by atoms with Gasteiger partial charge in [-0.1, -0.05) is 0 Å². The van der Waals surface area contributed by atoms with Crippen molar-refractivity contribution in [1.29, 1.82) is 0 Å². The number of ether oxygens (including phenoxy) is 4. The van der Waals surface area contributed by atoms with Crippen LogP contribution in [0.3, 0.4) is 0 Å². The number of nitrogens with zero attached hydrogens (tertiary/aromatic N) is 4. The summed E-state index contributed by atoms with van der Waals surface area (Å²) in [5.74, 6) is -38.6. The first kappa shape index (κ1) is 74.8. The lowest BCUT2D eigenvalue weighted by molar-refractivity contribution is 0.0991. The van der Waals surface area contributed by atoms with E-state index in [1.807, 2.05) is 0 Å². The number of anilines is 4. The summed E-state index contributed by atoms with van der Waals surface area (Å²) in [7, 11) is 0. The lowest BCUT2D eigenvalue weighted by Crippen LogP contribution is -2.25. The van der Waals surface area contributed by atoms with Crippen LogP contribution in [0.2, 0.25) is 0 Å². The fraction of sp³-hybridized carbons (Fsp3) is 0.328. The van der Waals surface area contributed by atoms with Crippen molar-refractivity contribution in [1.82, 2.24) is 29.7 Å². The van der Waals surface area contributed by atoms with Crippen LogP contribution < -0.4 is 21.3 Å². The molecule has 2 unspecified atom stereocenters. The Bertz CT molecular complexity index is 4670. The minimum Gasteiger partial charge on any atom is -0.394 e. The second kappa shape index (κ2) is 32.1. The maximum atomic E-state index is 17.8. The zero-order valence-corrected chi connectivity index (χ0v) is 53.4. The molecule has 550 valence electrons. The van der Waals surface area contributed by atoms with E-state index in [2.05, 4.69) is 41.3 Å². The molecular formula is C67H60F16N10O10. The van der Waals surface area contributed by atoms with E-state index in [4.69, 9.17) is 34.1 Å². The number of fused-ring (bicyclic) bond motifs is 12. The third-order valence-corrected chi connectivity index (χ3v) is 17.1. The largest absolute Gasteiger partial charge is 0.394 e. The Kier molecular flexibility index (Phi) is 23.3. The average Bonchev–Trinajstić information content (AvgIpc) is 1.54. The van der Waals surface area contributed by atoms with Gasteiger partial charge in [-0.25, -0.2) is 75.2 Å². The summed E-state index contributed by atoms with van der Waals surface area (Å²) in [5, 5.41) is 70.9. The van der Waals surface area contributed by atoms with Crippen molar-refractivity contribution < 1.29 is 120 Å². The first-order valence-corrected chi connectivity index (χ1v) is 31.5. The predicted octanol–water partition coefficient (Wildman–Crippen LogP) is 10.4. The molecule has 4 aromatic carbocycles. The third-order valence-electron chi connectivity index (χ3n) is 17.1.